The second-order valence-electron chi connectivity index (χ2n) is 3.39. The first-order valence-corrected chi connectivity index (χ1v) is 5.20. The van der Waals surface area contributed by atoms with E-state index in [0.717, 1.165) is 12.8 Å². The molecule has 0 saturated heterocycles. The topological polar surface area (TPSA) is 36.7 Å². The van der Waals surface area contributed by atoms with Crippen molar-refractivity contribution in [2.75, 3.05) is 0 Å². The van der Waals surface area contributed by atoms with Gasteiger partial charge < -0.3 is 0 Å². The maximum atomic E-state index is 8.34. The van der Waals surface area contributed by atoms with Crippen molar-refractivity contribution >= 4 is 0 Å². The monoisotopic (exact) mass is 188 g/mol. The van der Waals surface area contributed by atoms with Crippen LogP contribution >= 0.6 is 0 Å². The second-order valence-corrected chi connectivity index (χ2v) is 3.39. The fourth-order valence-electron chi connectivity index (χ4n) is 1.41. The van der Waals surface area contributed by atoms with E-state index in [0.29, 0.717) is 6.42 Å². The van der Waals surface area contributed by atoms with Gasteiger partial charge in [0.15, 0.2) is 0 Å². The number of unbranched alkanes of at least 4 members (excludes halogenated alkanes) is 4. The van der Waals surface area contributed by atoms with Crippen LogP contribution in [0, 0.1) is 11.3 Å². The predicted molar refractivity (Wildman–Crippen MR) is 56.6 cm³/mol. The van der Waals surface area contributed by atoms with Gasteiger partial charge in [-0.05, 0) is 31.4 Å². The van der Waals surface area contributed by atoms with Crippen LogP contribution in [0.3, 0.4) is 0 Å². The van der Waals surface area contributed by atoms with Crippen molar-refractivity contribution in [1.82, 2.24) is 4.98 Å². The molecular weight excluding hydrogens is 172 g/mol. The first-order valence-electron chi connectivity index (χ1n) is 5.20. The highest BCUT2D eigenvalue weighted by Gasteiger charge is 1.93. The molecule has 0 unspecified atom stereocenters. The highest BCUT2D eigenvalue weighted by Crippen LogP contribution is 2.06. The van der Waals surface area contributed by atoms with Crippen molar-refractivity contribution in [3.8, 4) is 6.07 Å². The smallest absolute Gasteiger partial charge is 0.0621 e. The van der Waals surface area contributed by atoms with Crippen LogP contribution in [0.25, 0.3) is 0 Å². The summed E-state index contributed by atoms with van der Waals surface area (Å²) in [7, 11) is 0. The van der Waals surface area contributed by atoms with E-state index in [1.54, 1.807) is 0 Å². The van der Waals surface area contributed by atoms with E-state index in [1.807, 2.05) is 18.3 Å². The summed E-state index contributed by atoms with van der Waals surface area (Å²) in [6.45, 7) is 0. The minimum absolute atomic E-state index is 0.698. The quantitative estimate of drug-likeness (QED) is 0.643. The van der Waals surface area contributed by atoms with E-state index in [1.165, 1.54) is 25.0 Å². The molecule has 0 fully saturated rings. The van der Waals surface area contributed by atoms with Crippen LogP contribution in [0.15, 0.2) is 24.4 Å². The van der Waals surface area contributed by atoms with Gasteiger partial charge in [0.05, 0.1) is 6.07 Å². The Labute approximate surface area is 85.6 Å². The molecule has 0 aliphatic carbocycles. The number of aryl methyl sites for hydroxylation is 1. The van der Waals surface area contributed by atoms with Crippen molar-refractivity contribution in [2.45, 2.75) is 38.5 Å². The molecule has 2 nitrogen and oxygen atoms in total. The van der Waals surface area contributed by atoms with E-state index in [4.69, 9.17) is 5.26 Å². The third-order valence-corrected chi connectivity index (χ3v) is 2.20. The molecule has 0 spiro atoms. The molecule has 1 aromatic rings. The van der Waals surface area contributed by atoms with E-state index in [-0.39, 0.29) is 0 Å². The Morgan fingerprint density at radius 2 is 2.00 bits per heavy atom. The van der Waals surface area contributed by atoms with Gasteiger partial charge >= 0.3 is 0 Å². The highest BCUT2D eigenvalue weighted by molar-refractivity contribution is 5.03. The number of rotatable bonds is 6. The largest absolute Gasteiger partial charge is 0.261 e. The predicted octanol–water partition coefficient (Wildman–Crippen LogP) is 3.10. The average molecular weight is 188 g/mol. The Bertz CT molecular complexity index is 274. The molecule has 0 radical (unpaired) electrons. The molecule has 0 aliphatic rings. The van der Waals surface area contributed by atoms with E-state index in [9.17, 15) is 0 Å². The number of nitrogens with zero attached hydrogens (tertiary/aromatic N) is 2. The number of hydrogen-bond acceptors (Lipinski definition) is 2. The second kappa shape index (κ2) is 7.08. The zero-order valence-electron chi connectivity index (χ0n) is 8.45. The van der Waals surface area contributed by atoms with Crippen molar-refractivity contribution < 1.29 is 0 Å². The number of nitriles is 1. The van der Waals surface area contributed by atoms with Crippen LogP contribution in [0.1, 0.15) is 37.8 Å². The van der Waals surface area contributed by atoms with Crippen LogP contribution in [0.4, 0.5) is 0 Å². The summed E-state index contributed by atoms with van der Waals surface area (Å²) < 4.78 is 0. The third kappa shape index (κ3) is 4.61. The summed E-state index contributed by atoms with van der Waals surface area (Å²) in [5.41, 5.74) is 1.17. The lowest BCUT2D eigenvalue weighted by Crippen LogP contribution is -1.88. The fourth-order valence-corrected chi connectivity index (χ4v) is 1.41. The maximum absolute atomic E-state index is 8.34. The number of aromatic nitrogens is 1. The SMILES string of the molecule is N#CCCCCCCc1ccccn1. The summed E-state index contributed by atoms with van der Waals surface area (Å²) in [5, 5.41) is 8.34. The van der Waals surface area contributed by atoms with Gasteiger partial charge in [-0.1, -0.05) is 18.9 Å². The Hall–Kier alpha value is -1.36. The molecule has 0 N–H and O–H groups in total. The van der Waals surface area contributed by atoms with Gasteiger partial charge in [-0.3, -0.25) is 4.98 Å². The molecule has 0 atom stereocenters. The molecular formula is C12H16N2. The number of pyridine rings is 1. The van der Waals surface area contributed by atoms with Gasteiger partial charge in [-0.15, -0.1) is 0 Å². The zero-order chi connectivity index (χ0) is 10.1. The maximum Gasteiger partial charge on any atom is 0.0621 e. The fraction of sp³-hybridized carbons (Fsp3) is 0.500. The lowest BCUT2D eigenvalue weighted by Gasteiger charge is -1.99. The summed E-state index contributed by atoms with van der Waals surface area (Å²) in [4.78, 5) is 4.26. The Kier molecular flexibility index (Phi) is 5.42. The molecule has 0 bridgehead atoms. The van der Waals surface area contributed by atoms with Gasteiger partial charge in [0.2, 0.25) is 0 Å². The standard InChI is InChI=1S/C12H16N2/c13-10-6-3-1-2-4-8-12-9-5-7-11-14-12/h5,7,9,11H,1-4,6,8H2. The molecule has 0 amide bonds. The van der Waals surface area contributed by atoms with Crippen LogP contribution in [-0.2, 0) is 6.42 Å². The molecule has 1 aromatic heterocycles. The van der Waals surface area contributed by atoms with Crippen molar-refractivity contribution in [3.63, 3.8) is 0 Å². The summed E-state index contributed by atoms with van der Waals surface area (Å²) in [5.74, 6) is 0. The first kappa shape index (κ1) is 10.7. The lowest BCUT2D eigenvalue weighted by atomic mass is 10.1. The van der Waals surface area contributed by atoms with Gasteiger partial charge in [-0.25, -0.2) is 0 Å². The van der Waals surface area contributed by atoms with Gasteiger partial charge in [-0.2, -0.15) is 5.26 Å². The Morgan fingerprint density at radius 1 is 1.14 bits per heavy atom. The summed E-state index contributed by atoms with van der Waals surface area (Å²) in [6, 6.07) is 8.20. The van der Waals surface area contributed by atoms with Crippen molar-refractivity contribution in [3.05, 3.63) is 30.1 Å². The van der Waals surface area contributed by atoms with Crippen LogP contribution < -0.4 is 0 Å². The van der Waals surface area contributed by atoms with Gasteiger partial charge in [0, 0.05) is 18.3 Å². The van der Waals surface area contributed by atoms with Crippen molar-refractivity contribution in [2.24, 2.45) is 0 Å². The molecule has 0 saturated carbocycles. The minimum Gasteiger partial charge on any atom is -0.261 e. The van der Waals surface area contributed by atoms with Crippen LogP contribution in [-0.4, -0.2) is 4.98 Å². The van der Waals surface area contributed by atoms with E-state index < -0.39 is 0 Å². The minimum atomic E-state index is 0.698. The zero-order valence-corrected chi connectivity index (χ0v) is 8.45. The van der Waals surface area contributed by atoms with Gasteiger partial charge in [0.25, 0.3) is 0 Å². The lowest BCUT2D eigenvalue weighted by molar-refractivity contribution is 0.643. The molecule has 0 aliphatic heterocycles. The Balaban J connectivity index is 2.03. The highest BCUT2D eigenvalue weighted by atomic mass is 14.7. The van der Waals surface area contributed by atoms with Crippen LogP contribution in [0.2, 0.25) is 0 Å². The molecule has 74 valence electrons. The average Bonchev–Trinajstić information content (AvgIpc) is 2.25. The van der Waals surface area contributed by atoms with E-state index in [2.05, 4.69) is 17.1 Å². The summed E-state index contributed by atoms with van der Waals surface area (Å²) >= 11 is 0. The molecule has 2 heteroatoms. The van der Waals surface area contributed by atoms with Crippen molar-refractivity contribution in [1.29, 1.82) is 5.26 Å². The normalized spacial score (nSPS) is 9.64. The molecule has 1 heterocycles. The molecule has 0 aromatic carbocycles. The first-order chi connectivity index (χ1) is 6.93. The number of hydrogen-bond donors (Lipinski definition) is 0. The molecule has 1 rings (SSSR count). The summed E-state index contributed by atoms with van der Waals surface area (Å²) in [6.07, 6.45) is 8.20. The molecule has 14 heavy (non-hydrogen) atoms. The van der Waals surface area contributed by atoms with E-state index >= 15 is 0 Å². The van der Waals surface area contributed by atoms with Gasteiger partial charge in [0.1, 0.15) is 0 Å². The third-order valence-electron chi connectivity index (χ3n) is 2.20. The van der Waals surface area contributed by atoms with Crippen LogP contribution in [0.5, 0.6) is 0 Å². The Morgan fingerprint density at radius 3 is 2.71 bits per heavy atom.